The predicted molar refractivity (Wildman–Crippen MR) is 206 cm³/mol. The van der Waals surface area contributed by atoms with Gasteiger partial charge in [-0.2, -0.15) is 11.2 Å². The summed E-state index contributed by atoms with van der Waals surface area (Å²) in [6, 6.07) is 37.1. The van der Waals surface area contributed by atoms with Gasteiger partial charge >= 0.3 is 21.1 Å². The summed E-state index contributed by atoms with van der Waals surface area (Å²) >= 11 is 0. The van der Waals surface area contributed by atoms with Gasteiger partial charge in [-0.05, 0) is 91.4 Å². The first kappa shape index (κ1) is 36.3. The van der Waals surface area contributed by atoms with Crippen LogP contribution in [0.4, 0.5) is 0 Å². The van der Waals surface area contributed by atoms with E-state index in [2.05, 4.69) is 132 Å². The fourth-order valence-corrected chi connectivity index (χ4v) is 7.02. The minimum Gasteiger partial charge on any atom is -0.509 e. The Morgan fingerprint density at radius 2 is 1.59 bits per heavy atom. The van der Waals surface area contributed by atoms with E-state index < -0.39 is 0 Å². The molecule has 5 nitrogen and oxygen atoms in total. The van der Waals surface area contributed by atoms with E-state index in [0.29, 0.717) is 11.5 Å². The van der Waals surface area contributed by atoms with Crippen molar-refractivity contribution in [3.05, 3.63) is 131 Å². The summed E-state index contributed by atoms with van der Waals surface area (Å²) in [6.45, 7) is 15.3. The third-order valence-corrected chi connectivity index (χ3v) is 9.66. The SMILES string of the molecule is Cc1ccnc(-n2c3[c-]c(Oc4[c-]c(-n5nc(C)c(-c6ccccc6)c5C)cc(C(C)C)c4)ccc3c3cc(CCCCC(C)C)ccc32)c1.[Pt+2]. The van der Waals surface area contributed by atoms with Gasteiger partial charge in [0.15, 0.2) is 0 Å². The number of nitrogens with zero attached hydrogens (tertiary/aromatic N) is 4. The standard InChI is InChI=1S/C45H46N4O.Pt/c1-29(2)13-11-12-14-34-17-20-42-41(24-34)40-19-18-38(28-43(40)48(42)44-23-31(5)21-22-46-44)50-39-26-36(30(3)4)25-37(27-39)49-33(7)45(32(6)47-49)35-15-9-8-10-16-35;/h8-10,15-26,29-30H,11-14H2,1-7H3;/q-2;+2. The normalized spacial score (nSPS) is 11.5. The molecule has 0 radical (unpaired) electrons. The van der Waals surface area contributed by atoms with Crippen LogP contribution in [0.3, 0.4) is 0 Å². The van der Waals surface area contributed by atoms with E-state index >= 15 is 0 Å². The van der Waals surface area contributed by atoms with Crippen molar-refractivity contribution in [2.45, 2.75) is 80.1 Å². The van der Waals surface area contributed by atoms with Crippen LogP contribution in [-0.2, 0) is 27.5 Å². The van der Waals surface area contributed by atoms with Crippen molar-refractivity contribution in [3.63, 3.8) is 0 Å². The topological polar surface area (TPSA) is 44.9 Å². The number of rotatable bonds is 11. The number of hydrogen-bond donors (Lipinski definition) is 0. The Balaban J connectivity index is 0.00000448. The third kappa shape index (κ3) is 7.60. The second-order valence-electron chi connectivity index (χ2n) is 14.3. The molecule has 0 saturated heterocycles. The fourth-order valence-electron chi connectivity index (χ4n) is 7.02. The molecule has 0 aliphatic rings. The Morgan fingerprint density at radius 1 is 0.784 bits per heavy atom. The smallest absolute Gasteiger partial charge is 0.509 e. The molecule has 6 heteroatoms. The maximum absolute atomic E-state index is 6.63. The molecule has 0 fully saturated rings. The van der Waals surface area contributed by atoms with Gasteiger partial charge in [-0.25, -0.2) is 4.98 Å². The Labute approximate surface area is 317 Å². The predicted octanol–water partition coefficient (Wildman–Crippen LogP) is 11.8. The van der Waals surface area contributed by atoms with E-state index in [4.69, 9.17) is 14.8 Å². The van der Waals surface area contributed by atoms with Crippen LogP contribution >= 0.6 is 0 Å². The number of pyridine rings is 1. The number of aryl methyl sites for hydroxylation is 3. The Hall–Kier alpha value is -4.47. The van der Waals surface area contributed by atoms with Crippen molar-refractivity contribution < 1.29 is 25.8 Å². The summed E-state index contributed by atoms with van der Waals surface area (Å²) in [6.07, 6.45) is 6.68. The van der Waals surface area contributed by atoms with Crippen LogP contribution < -0.4 is 4.74 Å². The first-order valence-corrected chi connectivity index (χ1v) is 18.0. The maximum Gasteiger partial charge on any atom is 2.00 e. The quantitative estimate of drug-likeness (QED) is 0.0962. The van der Waals surface area contributed by atoms with Crippen molar-refractivity contribution in [1.29, 1.82) is 0 Å². The summed E-state index contributed by atoms with van der Waals surface area (Å²) in [4.78, 5) is 4.80. The van der Waals surface area contributed by atoms with E-state index in [1.165, 1.54) is 30.2 Å². The van der Waals surface area contributed by atoms with E-state index in [-0.39, 0.29) is 27.0 Å². The van der Waals surface area contributed by atoms with Gasteiger partial charge in [0.05, 0.1) is 5.69 Å². The molecule has 3 heterocycles. The van der Waals surface area contributed by atoms with E-state index in [1.54, 1.807) is 0 Å². The van der Waals surface area contributed by atoms with Crippen LogP contribution in [0.1, 0.15) is 81.0 Å². The number of aromatic nitrogens is 4. The Morgan fingerprint density at radius 3 is 2.33 bits per heavy atom. The van der Waals surface area contributed by atoms with Crippen LogP contribution in [0.2, 0.25) is 0 Å². The second kappa shape index (κ2) is 15.4. The average molecular weight is 854 g/mol. The van der Waals surface area contributed by atoms with Crippen LogP contribution in [0.25, 0.3) is 44.4 Å². The van der Waals surface area contributed by atoms with Crippen LogP contribution in [0.5, 0.6) is 11.5 Å². The molecular formula is C45H46N4OPt. The summed E-state index contributed by atoms with van der Waals surface area (Å²) in [5.41, 5.74) is 10.9. The largest absolute Gasteiger partial charge is 2.00 e. The molecule has 0 aliphatic heterocycles. The zero-order valence-electron chi connectivity index (χ0n) is 30.7. The monoisotopic (exact) mass is 853 g/mol. The summed E-state index contributed by atoms with van der Waals surface area (Å²) in [5, 5.41) is 7.32. The number of benzene rings is 4. The Kier molecular flexibility index (Phi) is 11.0. The molecule has 7 rings (SSSR count). The molecule has 0 N–H and O–H groups in total. The molecular weight excluding hydrogens is 808 g/mol. The summed E-state index contributed by atoms with van der Waals surface area (Å²) in [5.74, 6) is 3.17. The molecule has 0 amide bonds. The van der Waals surface area contributed by atoms with Crippen LogP contribution in [-0.4, -0.2) is 19.3 Å². The zero-order chi connectivity index (χ0) is 34.9. The van der Waals surface area contributed by atoms with Gasteiger partial charge in [-0.3, -0.25) is 4.68 Å². The third-order valence-electron chi connectivity index (χ3n) is 9.66. The molecule has 262 valence electrons. The molecule has 51 heavy (non-hydrogen) atoms. The van der Waals surface area contributed by atoms with Crippen molar-refractivity contribution in [1.82, 2.24) is 19.3 Å². The molecule has 7 aromatic rings. The number of ether oxygens (including phenoxy) is 1. The van der Waals surface area contributed by atoms with Crippen molar-refractivity contribution in [2.24, 2.45) is 5.92 Å². The first-order valence-electron chi connectivity index (χ1n) is 18.0. The molecule has 0 spiro atoms. The van der Waals surface area contributed by atoms with Gasteiger partial charge in [0.2, 0.25) is 0 Å². The first-order chi connectivity index (χ1) is 24.2. The van der Waals surface area contributed by atoms with Crippen LogP contribution in [0.15, 0.2) is 91.1 Å². The van der Waals surface area contributed by atoms with Gasteiger partial charge < -0.3 is 9.30 Å². The van der Waals surface area contributed by atoms with E-state index in [0.717, 1.165) is 73.9 Å². The molecule has 0 bridgehead atoms. The van der Waals surface area contributed by atoms with Gasteiger partial charge in [0.25, 0.3) is 0 Å². The van der Waals surface area contributed by atoms with Crippen LogP contribution in [0, 0.1) is 38.8 Å². The fraction of sp³-hybridized carbons (Fsp3) is 0.289. The molecule has 0 aliphatic carbocycles. The molecule has 0 unspecified atom stereocenters. The van der Waals surface area contributed by atoms with Gasteiger partial charge in [-0.15, -0.1) is 41.3 Å². The molecule has 0 saturated carbocycles. The van der Waals surface area contributed by atoms with E-state index in [1.807, 2.05) is 29.1 Å². The molecule has 3 aromatic heterocycles. The van der Waals surface area contributed by atoms with Gasteiger partial charge in [0.1, 0.15) is 5.82 Å². The maximum atomic E-state index is 6.63. The van der Waals surface area contributed by atoms with Crippen molar-refractivity contribution in [3.8, 4) is 34.1 Å². The summed E-state index contributed by atoms with van der Waals surface area (Å²) < 4.78 is 10.8. The minimum absolute atomic E-state index is 0. The summed E-state index contributed by atoms with van der Waals surface area (Å²) in [7, 11) is 0. The number of hydrogen-bond acceptors (Lipinski definition) is 3. The number of fused-ring (bicyclic) bond motifs is 3. The van der Waals surface area contributed by atoms with E-state index in [9.17, 15) is 0 Å². The molecule has 4 aromatic carbocycles. The average Bonchev–Trinajstić information content (AvgIpc) is 3.58. The minimum atomic E-state index is 0. The van der Waals surface area contributed by atoms with Crippen molar-refractivity contribution >= 4 is 21.8 Å². The van der Waals surface area contributed by atoms with Gasteiger partial charge in [0, 0.05) is 34.5 Å². The zero-order valence-corrected chi connectivity index (χ0v) is 32.9. The number of unbranched alkanes of at least 4 members (excludes halogenated alkanes) is 1. The second-order valence-corrected chi connectivity index (χ2v) is 14.3. The van der Waals surface area contributed by atoms with Crippen molar-refractivity contribution in [2.75, 3.05) is 0 Å². The Bertz CT molecular complexity index is 2300. The van der Waals surface area contributed by atoms with Gasteiger partial charge in [-0.1, -0.05) is 88.5 Å². The molecule has 0 atom stereocenters.